The van der Waals surface area contributed by atoms with Gasteiger partial charge in [0.25, 0.3) is 0 Å². The Morgan fingerprint density at radius 1 is 1.32 bits per heavy atom. The number of benzene rings is 1. The lowest BCUT2D eigenvalue weighted by Gasteiger charge is -2.15. The maximum Gasteiger partial charge on any atom is 0.169 e. The van der Waals surface area contributed by atoms with E-state index >= 15 is 0 Å². The summed E-state index contributed by atoms with van der Waals surface area (Å²) in [6, 6.07) is 12.0. The summed E-state index contributed by atoms with van der Waals surface area (Å²) >= 11 is 0. The van der Waals surface area contributed by atoms with Gasteiger partial charge < -0.3 is 14.8 Å². The maximum absolute atomic E-state index is 5.65. The second-order valence-corrected chi connectivity index (χ2v) is 4.33. The van der Waals surface area contributed by atoms with E-state index in [0.29, 0.717) is 13.2 Å². The molecule has 1 aliphatic rings. The molecule has 1 aromatic heterocycles. The molecule has 0 radical (unpaired) electrons. The number of ether oxygens (including phenoxy) is 2. The van der Waals surface area contributed by atoms with Crippen LogP contribution in [0.3, 0.4) is 0 Å². The molecular weight excluding hydrogens is 240 g/mol. The van der Waals surface area contributed by atoms with Gasteiger partial charge in [-0.05, 0) is 25.1 Å². The van der Waals surface area contributed by atoms with Crippen molar-refractivity contribution < 1.29 is 9.47 Å². The summed E-state index contributed by atoms with van der Waals surface area (Å²) in [5.41, 5.74) is 1.16. The van der Waals surface area contributed by atoms with Gasteiger partial charge in [-0.2, -0.15) is 0 Å². The van der Waals surface area contributed by atoms with Crippen LogP contribution in [0.4, 0.5) is 5.82 Å². The minimum Gasteiger partial charge on any atom is -0.491 e. The van der Waals surface area contributed by atoms with Gasteiger partial charge >= 0.3 is 0 Å². The van der Waals surface area contributed by atoms with E-state index < -0.39 is 0 Å². The molecule has 4 nitrogen and oxygen atoms in total. The van der Waals surface area contributed by atoms with E-state index in [0.717, 1.165) is 22.9 Å². The summed E-state index contributed by atoms with van der Waals surface area (Å²) in [6.07, 6.45) is 1.76. The number of hydrogen-bond acceptors (Lipinski definition) is 4. The molecule has 1 aliphatic heterocycles. The molecule has 1 unspecified atom stereocenters. The molecule has 1 N–H and O–H groups in total. The molecule has 0 saturated carbocycles. The highest BCUT2D eigenvalue weighted by Crippen LogP contribution is 2.35. The number of rotatable bonds is 4. The van der Waals surface area contributed by atoms with Crippen molar-refractivity contribution >= 4 is 5.82 Å². The Labute approximate surface area is 112 Å². The Balaban J connectivity index is 1.83. The molecular formula is C15H16N2O2. The molecule has 0 saturated heterocycles. The van der Waals surface area contributed by atoms with E-state index in [2.05, 4.69) is 16.4 Å². The Kier molecular flexibility index (Phi) is 3.23. The third kappa shape index (κ3) is 2.34. The Morgan fingerprint density at radius 2 is 2.21 bits per heavy atom. The van der Waals surface area contributed by atoms with Crippen LogP contribution < -0.4 is 14.8 Å². The molecule has 3 rings (SSSR count). The summed E-state index contributed by atoms with van der Waals surface area (Å²) in [5.74, 6) is 2.47. The van der Waals surface area contributed by atoms with Gasteiger partial charge in [-0.1, -0.05) is 18.2 Å². The first-order valence-electron chi connectivity index (χ1n) is 6.44. The van der Waals surface area contributed by atoms with Crippen molar-refractivity contribution in [2.24, 2.45) is 0 Å². The van der Waals surface area contributed by atoms with E-state index in [-0.39, 0.29) is 6.04 Å². The molecule has 0 bridgehead atoms. The van der Waals surface area contributed by atoms with Crippen LogP contribution in [0, 0.1) is 0 Å². The number of hydrogen-bond donors (Lipinski definition) is 1. The minimum absolute atomic E-state index is 0.116. The average molecular weight is 256 g/mol. The van der Waals surface area contributed by atoms with E-state index in [4.69, 9.17) is 9.47 Å². The monoisotopic (exact) mass is 256 g/mol. The Hall–Kier alpha value is -2.23. The van der Waals surface area contributed by atoms with Gasteiger partial charge in [-0.3, -0.25) is 0 Å². The number of aromatic nitrogens is 1. The van der Waals surface area contributed by atoms with Crippen molar-refractivity contribution in [2.45, 2.75) is 13.0 Å². The van der Waals surface area contributed by atoms with Gasteiger partial charge in [0.15, 0.2) is 11.6 Å². The first-order valence-corrected chi connectivity index (χ1v) is 6.44. The summed E-state index contributed by atoms with van der Waals surface area (Å²) < 4.78 is 11.2. The average Bonchev–Trinajstić information content (AvgIpc) is 2.85. The highest BCUT2D eigenvalue weighted by atomic mass is 16.5. The second kappa shape index (κ2) is 5.18. The predicted molar refractivity (Wildman–Crippen MR) is 73.7 cm³/mol. The summed E-state index contributed by atoms with van der Waals surface area (Å²) in [5, 5.41) is 3.39. The summed E-state index contributed by atoms with van der Waals surface area (Å²) in [4.78, 5) is 4.34. The smallest absolute Gasteiger partial charge is 0.169 e. The molecule has 4 heteroatoms. The SMILES string of the molecule is CCOc1cccnc1NC1COc2ccccc21. The van der Waals surface area contributed by atoms with Crippen molar-refractivity contribution in [3.63, 3.8) is 0 Å². The van der Waals surface area contributed by atoms with Crippen LogP contribution >= 0.6 is 0 Å². The molecule has 98 valence electrons. The third-order valence-electron chi connectivity index (χ3n) is 3.08. The molecule has 0 fully saturated rings. The maximum atomic E-state index is 5.65. The van der Waals surface area contributed by atoms with Crippen LogP contribution in [0.2, 0.25) is 0 Å². The predicted octanol–water partition coefficient (Wildman–Crippen LogP) is 3.03. The molecule has 1 atom stereocenters. The van der Waals surface area contributed by atoms with Gasteiger partial charge in [0.2, 0.25) is 0 Å². The van der Waals surface area contributed by atoms with Gasteiger partial charge in [0, 0.05) is 11.8 Å². The van der Waals surface area contributed by atoms with Crippen LogP contribution in [0.15, 0.2) is 42.6 Å². The molecule has 19 heavy (non-hydrogen) atoms. The van der Waals surface area contributed by atoms with Gasteiger partial charge in [0.05, 0.1) is 12.6 Å². The van der Waals surface area contributed by atoms with Crippen molar-refractivity contribution in [1.82, 2.24) is 4.98 Å². The second-order valence-electron chi connectivity index (χ2n) is 4.33. The van der Waals surface area contributed by atoms with Crippen LogP contribution in [-0.4, -0.2) is 18.2 Å². The normalized spacial score (nSPS) is 16.6. The standard InChI is InChI=1S/C15H16N2O2/c1-2-18-14-8-5-9-16-15(14)17-12-10-19-13-7-4-3-6-11(12)13/h3-9,12H,2,10H2,1H3,(H,16,17). The van der Waals surface area contributed by atoms with E-state index in [9.17, 15) is 0 Å². The number of pyridine rings is 1. The number of para-hydroxylation sites is 1. The quantitative estimate of drug-likeness (QED) is 0.913. The number of nitrogens with zero attached hydrogens (tertiary/aromatic N) is 1. The van der Waals surface area contributed by atoms with Crippen molar-refractivity contribution in [2.75, 3.05) is 18.5 Å². The molecule has 1 aromatic carbocycles. The fourth-order valence-corrected chi connectivity index (χ4v) is 2.22. The van der Waals surface area contributed by atoms with Crippen LogP contribution in [0.1, 0.15) is 18.5 Å². The van der Waals surface area contributed by atoms with Crippen molar-refractivity contribution in [3.05, 3.63) is 48.2 Å². The molecule has 2 aromatic rings. The molecule has 0 amide bonds. The molecule has 0 aliphatic carbocycles. The van der Waals surface area contributed by atoms with Gasteiger partial charge in [-0.15, -0.1) is 0 Å². The molecule has 2 heterocycles. The van der Waals surface area contributed by atoms with E-state index in [1.165, 1.54) is 0 Å². The zero-order valence-corrected chi connectivity index (χ0v) is 10.8. The Bertz CT molecular complexity index is 572. The van der Waals surface area contributed by atoms with Crippen LogP contribution in [0.25, 0.3) is 0 Å². The minimum atomic E-state index is 0.116. The lowest BCUT2D eigenvalue weighted by atomic mass is 10.1. The highest BCUT2D eigenvalue weighted by molar-refractivity contribution is 5.53. The topological polar surface area (TPSA) is 43.4 Å². The zero-order valence-electron chi connectivity index (χ0n) is 10.8. The number of fused-ring (bicyclic) bond motifs is 1. The van der Waals surface area contributed by atoms with Gasteiger partial charge in [-0.25, -0.2) is 4.98 Å². The number of anilines is 1. The Morgan fingerprint density at radius 3 is 3.11 bits per heavy atom. The number of nitrogens with one attached hydrogen (secondary N) is 1. The fraction of sp³-hybridized carbons (Fsp3) is 0.267. The lowest BCUT2D eigenvalue weighted by Crippen LogP contribution is -2.13. The third-order valence-corrected chi connectivity index (χ3v) is 3.08. The first-order chi connectivity index (χ1) is 9.38. The zero-order chi connectivity index (χ0) is 13.1. The largest absolute Gasteiger partial charge is 0.491 e. The van der Waals surface area contributed by atoms with Crippen molar-refractivity contribution in [1.29, 1.82) is 0 Å². The molecule has 0 spiro atoms. The van der Waals surface area contributed by atoms with E-state index in [1.807, 2.05) is 37.3 Å². The fourth-order valence-electron chi connectivity index (χ4n) is 2.22. The summed E-state index contributed by atoms with van der Waals surface area (Å²) in [7, 11) is 0. The summed E-state index contributed by atoms with van der Waals surface area (Å²) in [6.45, 7) is 3.20. The van der Waals surface area contributed by atoms with Crippen molar-refractivity contribution in [3.8, 4) is 11.5 Å². The lowest BCUT2D eigenvalue weighted by molar-refractivity contribution is 0.333. The van der Waals surface area contributed by atoms with Crippen LogP contribution in [-0.2, 0) is 0 Å². The van der Waals surface area contributed by atoms with Gasteiger partial charge in [0.1, 0.15) is 12.4 Å². The highest BCUT2D eigenvalue weighted by Gasteiger charge is 2.24. The first kappa shape index (κ1) is 11.8. The van der Waals surface area contributed by atoms with Crippen LogP contribution in [0.5, 0.6) is 11.5 Å². The van der Waals surface area contributed by atoms with E-state index in [1.54, 1.807) is 6.20 Å².